The van der Waals surface area contributed by atoms with Crippen molar-refractivity contribution in [1.29, 1.82) is 0 Å². The van der Waals surface area contributed by atoms with Crippen molar-refractivity contribution in [2.24, 2.45) is 0 Å². The molecule has 0 saturated carbocycles. The van der Waals surface area contributed by atoms with Gasteiger partial charge in [0.2, 0.25) is 0 Å². The van der Waals surface area contributed by atoms with Gasteiger partial charge in [-0.05, 0) is 24.3 Å². The Labute approximate surface area is 321 Å². The number of hydrogen-bond donors (Lipinski definition) is 0. The third-order valence-corrected chi connectivity index (χ3v) is 9.01. The van der Waals surface area contributed by atoms with Gasteiger partial charge in [0.05, 0.1) is 7.11 Å². The molecule has 23 heteroatoms. The smallest absolute Gasteiger partial charge is 0.200 e. The molecule has 0 N–H and O–H groups in total. The normalized spacial score (nSPS) is 11.5. The first-order valence-electron chi connectivity index (χ1n) is 15.9. The molecule has 0 aliphatic carbocycles. The van der Waals surface area contributed by atoms with Gasteiger partial charge in [0, 0.05) is 17.7 Å². The second-order valence-electron chi connectivity index (χ2n) is 12.2. The predicted molar refractivity (Wildman–Crippen MR) is 168 cm³/mol. The number of benzene rings is 5. The quantitative estimate of drug-likeness (QED) is 0.0524. The summed E-state index contributed by atoms with van der Waals surface area (Å²) in [6, 6.07) is 14.2. The Kier molecular flexibility index (Phi) is 12.5. The summed E-state index contributed by atoms with van der Waals surface area (Å²) in [5, 5.41) is 0. The summed E-state index contributed by atoms with van der Waals surface area (Å²) in [5.74, 6) is -70.5. The number of halogens is 20. The van der Waals surface area contributed by atoms with Crippen LogP contribution in [0.5, 0.6) is 5.75 Å². The second kappa shape index (κ2) is 16.8. The molecular weight excluding hydrogens is 865 g/mol. The molecule has 0 radical (unpaired) electrons. The maximum Gasteiger partial charge on any atom is 0.200 e. The Morgan fingerprint density at radius 2 is 0.583 bits per heavy atom. The average molecular weight is 879 g/mol. The molecule has 0 atom stereocenters. The third-order valence-electron chi connectivity index (χ3n) is 9.01. The van der Waals surface area contributed by atoms with Crippen LogP contribution in [0.2, 0.25) is 0 Å². The van der Waals surface area contributed by atoms with Gasteiger partial charge in [-0.2, -0.15) is 0 Å². The molecule has 316 valence electrons. The van der Waals surface area contributed by atoms with Crippen LogP contribution in [0.25, 0.3) is 0 Å². The first-order chi connectivity index (χ1) is 28.1. The highest BCUT2D eigenvalue weighted by atomic mass is 19.2. The molecule has 5 aromatic carbocycles. The maximum absolute atomic E-state index is 15.4. The van der Waals surface area contributed by atoms with Crippen LogP contribution in [-0.2, 0) is 6.54 Å². The number of nitrogens with zero attached hydrogens (tertiary/aromatic N) is 1. The summed E-state index contributed by atoms with van der Waals surface area (Å²) < 4.78 is 301. The number of rotatable bonds is 7. The average Bonchev–Trinajstić information content (AvgIpc) is 3.24. The van der Waals surface area contributed by atoms with E-state index in [4.69, 9.17) is 4.74 Å². The second-order valence-corrected chi connectivity index (χ2v) is 12.2. The van der Waals surface area contributed by atoms with Crippen molar-refractivity contribution in [2.45, 2.75) is 6.54 Å². The van der Waals surface area contributed by atoms with Crippen LogP contribution in [0.15, 0.2) is 54.9 Å². The predicted octanol–water partition coefficient (Wildman–Crippen LogP) is 7.88. The van der Waals surface area contributed by atoms with Gasteiger partial charge in [0.1, 0.15) is 58.4 Å². The van der Waals surface area contributed by atoms with Gasteiger partial charge in [-0.1, -0.05) is 6.07 Å². The molecule has 6 rings (SSSR count). The van der Waals surface area contributed by atoms with E-state index in [2.05, 4.69) is 29.1 Å². The van der Waals surface area contributed by atoms with Crippen molar-refractivity contribution in [2.75, 3.05) is 7.11 Å². The fraction of sp³-hybridized carbons (Fsp3) is 0.0541. The topological polar surface area (TPSA) is 13.1 Å². The van der Waals surface area contributed by atoms with E-state index in [9.17, 15) is 52.7 Å². The van der Waals surface area contributed by atoms with Crippen LogP contribution in [-0.4, -0.2) is 13.3 Å². The molecule has 0 saturated heterocycles. The van der Waals surface area contributed by atoms with Crippen molar-refractivity contribution in [3.05, 3.63) is 177 Å². The minimum atomic E-state index is -7.22. The Balaban J connectivity index is 0.000000379. The van der Waals surface area contributed by atoms with Crippen molar-refractivity contribution in [3.8, 4) is 5.75 Å². The summed E-state index contributed by atoms with van der Waals surface area (Å²) >= 11 is 0. The SMILES string of the molecule is COc1ccc(C[n+]2ccccc2)cc1.Fc1c(F)c(F)c([B-](c2c(F)c(F)c(F)c(F)c2F)(c2c(F)c(F)c(F)c(F)c2F)c2c(F)c(F)c(F)c(F)c2F)c(F)c1F. The zero-order chi connectivity index (χ0) is 44.9. The Hall–Kier alpha value is -6.29. The molecule has 0 unspecified atom stereocenters. The lowest BCUT2D eigenvalue weighted by Gasteiger charge is -2.44. The molecule has 0 aliphatic rings. The van der Waals surface area contributed by atoms with E-state index in [0.29, 0.717) is 0 Å². The van der Waals surface area contributed by atoms with E-state index < -0.39 is 144 Å². The van der Waals surface area contributed by atoms with Crippen molar-refractivity contribution in [3.63, 3.8) is 0 Å². The number of hydrogen-bond acceptors (Lipinski definition) is 1. The highest BCUT2D eigenvalue weighted by Crippen LogP contribution is 2.30. The largest absolute Gasteiger partial charge is 0.497 e. The number of aromatic nitrogens is 1. The zero-order valence-electron chi connectivity index (χ0n) is 28.9. The standard InChI is InChI=1S/C24BF20.C13H14NO/c26-5-1(6(27)14(35)21(42)13(5)34)25(2-7(28)15(36)22(43)16(37)8(2)29,3-9(30)17(38)23(44)18(39)10(3)31)4-11(32)19(40)24(45)20(41)12(4)33;1-15-13-7-5-12(6-8-13)11-14-9-3-2-4-10-14/h;2-10H,11H2,1H3/q-1;+1. The van der Waals surface area contributed by atoms with Crippen LogP contribution in [0, 0.1) is 116 Å². The van der Waals surface area contributed by atoms with Gasteiger partial charge in [-0.15, -0.1) is 21.9 Å². The zero-order valence-corrected chi connectivity index (χ0v) is 28.9. The molecule has 6 aromatic rings. The Bertz CT molecular complexity index is 2280. The minimum absolute atomic E-state index is 0.894. The summed E-state index contributed by atoms with van der Waals surface area (Å²) in [4.78, 5) is 0. The molecule has 0 fully saturated rings. The number of ether oxygens (including phenoxy) is 1. The van der Waals surface area contributed by atoms with E-state index >= 15 is 35.1 Å². The van der Waals surface area contributed by atoms with Crippen LogP contribution in [0.3, 0.4) is 0 Å². The fourth-order valence-corrected chi connectivity index (χ4v) is 6.36. The number of pyridine rings is 1. The molecule has 1 aromatic heterocycles. The van der Waals surface area contributed by atoms with Gasteiger partial charge in [-0.25, -0.2) is 92.4 Å². The van der Waals surface area contributed by atoms with E-state index in [1.54, 1.807) is 7.11 Å². The third kappa shape index (κ3) is 7.01. The van der Waals surface area contributed by atoms with E-state index in [1.165, 1.54) is 5.56 Å². The van der Waals surface area contributed by atoms with Gasteiger partial charge in [0.15, 0.2) is 88.7 Å². The van der Waals surface area contributed by atoms with Crippen molar-refractivity contribution >= 4 is 28.0 Å². The molecule has 1 heterocycles. The summed E-state index contributed by atoms with van der Waals surface area (Å²) in [5.41, 5.74) is -13.1. The lowest BCUT2D eigenvalue weighted by atomic mass is 9.12. The summed E-state index contributed by atoms with van der Waals surface area (Å²) in [7, 11) is 1.68. The van der Waals surface area contributed by atoms with E-state index in [0.717, 1.165) is 12.3 Å². The van der Waals surface area contributed by atoms with Crippen LogP contribution < -0.4 is 31.2 Å². The lowest BCUT2D eigenvalue weighted by Crippen LogP contribution is -2.81. The molecule has 0 aliphatic heterocycles. The maximum atomic E-state index is 15.4. The number of methoxy groups -OCH3 is 1. The van der Waals surface area contributed by atoms with Gasteiger partial charge >= 0.3 is 0 Å². The van der Waals surface area contributed by atoms with E-state index in [-0.39, 0.29) is 0 Å². The summed E-state index contributed by atoms with van der Waals surface area (Å²) in [6.45, 7) is 0.894. The van der Waals surface area contributed by atoms with Gasteiger partial charge in [0.25, 0.3) is 0 Å². The lowest BCUT2D eigenvalue weighted by molar-refractivity contribution is -0.688. The van der Waals surface area contributed by atoms with Gasteiger partial charge < -0.3 is 4.74 Å². The van der Waals surface area contributed by atoms with Crippen molar-refractivity contribution in [1.82, 2.24) is 0 Å². The van der Waals surface area contributed by atoms with E-state index in [1.807, 2.05) is 30.3 Å². The first-order valence-corrected chi connectivity index (χ1v) is 15.9. The minimum Gasteiger partial charge on any atom is -0.497 e. The van der Waals surface area contributed by atoms with Crippen LogP contribution >= 0.6 is 0 Å². The monoisotopic (exact) mass is 879 g/mol. The molecule has 60 heavy (non-hydrogen) atoms. The molecular formula is C37H14BF20NO. The Morgan fingerprint density at radius 1 is 0.350 bits per heavy atom. The highest BCUT2D eigenvalue weighted by Gasteiger charge is 2.52. The molecule has 0 bridgehead atoms. The van der Waals surface area contributed by atoms with Crippen LogP contribution in [0.1, 0.15) is 5.56 Å². The first kappa shape index (κ1) is 44.8. The summed E-state index contributed by atoms with van der Waals surface area (Å²) in [6.07, 6.45) is -3.10. The molecule has 2 nitrogen and oxygen atoms in total. The molecule has 0 amide bonds. The van der Waals surface area contributed by atoms with Crippen LogP contribution in [0.4, 0.5) is 87.8 Å². The van der Waals surface area contributed by atoms with Gasteiger partial charge in [-0.3, -0.25) is 0 Å². The fourth-order valence-electron chi connectivity index (χ4n) is 6.36. The van der Waals surface area contributed by atoms with Crippen molar-refractivity contribution < 1.29 is 97.1 Å². The Morgan fingerprint density at radius 3 is 0.817 bits per heavy atom. The molecule has 0 spiro atoms. The highest BCUT2D eigenvalue weighted by molar-refractivity contribution is 7.20.